The highest BCUT2D eigenvalue weighted by Crippen LogP contribution is 2.23. The number of hydrogen-bond acceptors (Lipinski definition) is 12. The Kier molecular flexibility index (Phi) is 22.7. The molecule has 8 amide bonds. The van der Waals surface area contributed by atoms with Crippen molar-refractivity contribution in [1.29, 1.82) is 0 Å². The standard InChI is InChI=1S/C46H73Cl2N9O10/c1-30(2)27-34(52-40(61)36-15-12-24-57(36)42(63)33(53-44(65)67-46(6,7)8)13-9-10-22-49-43(64)66-45(3,4)5)39(60)51-29-38(59)56-23-11-14-35(56)41(62)54-37(58)28-50-31-16-18-32(19-17-31)55(25-20-47)26-21-48/h16-19,30,33-36,50H,9-15,20-29H2,1-8H3,(H,49,64)(H,51,60)(H,52,61)(H,53,65)(H,54,58,62)/t33-,34+,35+,36+/m1/s1. The number of ether oxygens (including phenoxy) is 2. The minimum absolute atomic E-state index is 0.0501. The molecule has 2 aliphatic heterocycles. The fourth-order valence-corrected chi connectivity index (χ4v) is 8.10. The second-order valence-corrected chi connectivity index (χ2v) is 19.9. The van der Waals surface area contributed by atoms with Crippen LogP contribution >= 0.6 is 23.2 Å². The molecule has 21 heteroatoms. The van der Waals surface area contributed by atoms with E-state index >= 15 is 0 Å². The first kappa shape index (κ1) is 56.3. The van der Waals surface area contributed by atoms with E-state index in [2.05, 4.69) is 31.9 Å². The molecule has 2 aliphatic rings. The quantitative estimate of drug-likeness (QED) is 0.0668. The SMILES string of the molecule is CC(C)C[C@H](NC(=O)[C@@H]1CCCN1C(=O)[C@@H](CCCCNC(=O)OC(C)(C)C)NC(=O)OC(C)(C)C)C(=O)NCC(=O)N1CCC[C@H]1C(=O)NC(=O)CNc1ccc(N(CCCl)CCCl)cc1. The number of benzene rings is 1. The molecular formula is C46H73Cl2N9O10. The number of anilines is 2. The number of alkyl halides is 2. The molecule has 67 heavy (non-hydrogen) atoms. The van der Waals surface area contributed by atoms with Crippen LogP contribution in [0.3, 0.4) is 0 Å². The first-order chi connectivity index (χ1) is 31.5. The van der Waals surface area contributed by atoms with Gasteiger partial charge >= 0.3 is 12.2 Å². The van der Waals surface area contributed by atoms with Crippen molar-refractivity contribution < 1.29 is 47.8 Å². The number of imide groups is 1. The number of rotatable bonds is 23. The number of carbonyl (C=O) groups excluding carboxylic acids is 8. The van der Waals surface area contributed by atoms with Gasteiger partial charge in [0.1, 0.15) is 35.4 Å². The molecule has 1 aromatic carbocycles. The zero-order chi connectivity index (χ0) is 49.9. The third kappa shape index (κ3) is 20.0. The van der Waals surface area contributed by atoms with Crippen LogP contribution in [0.4, 0.5) is 21.0 Å². The minimum atomic E-state index is -1.06. The Balaban J connectivity index is 1.58. The second-order valence-electron chi connectivity index (χ2n) is 19.1. The number of nitrogens with zero attached hydrogens (tertiary/aromatic N) is 3. The van der Waals surface area contributed by atoms with E-state index in [0.29, 0.717) is 69.1 Å². The zero-order valence-corrected chi connectivity index (χ0v) is 41.9. The first-order valence-electron chi connectivity index (χ1n) is 23.2. The summed E-state index contributed by atoms with van der Waals surface area (Å²) in [5.74, 6) is -2.56. The Morgan fingerprint density at radius 1 is 0.731 bits per heavy atom. The van der Waals surface area contributed by atoms with E-state index in [-0.39, 0.29) is 44.9 Å². The van der Waals surface area contributed by atoms with Gasteiger partial charge in [-0.05, 0) is 123 Å². The predicted octanol–water partition coefficient (Wildman–Crippen LogP) is 4.24. The summed E-state index contributed by atoms with van der Waals surface area (Å²) >= 11 is 11.8. The van der Waals surface area contributed by atoms with E-state index in [9.17, 15) is 38.4 Å². The molecule has 0 spiro atoms. The zero-order valence-electron chi connectivity index (χ0n) is 40.4. The van der Waals surface area contributed by atoms with E-state index in [1.165, 1.54) is 9.80 Å². The van der Waals surface area contributed by atoms with Crippen molar-refractivity contribution in [2.24, 2.45) is 5.92 Å². The van der Waals surface area contributed by atoms with Gasteiger partial charge < -0.3 is 50.8 Å². The van der Waals surface area contributed by atoms with Crippen molar-refractivity contribution in [3.8, 4) is 0 Å². The first-order valence-corrected chi connectivity index (χ1v) is 24.3. The summed E-state index contributed by atoms with van der Waals surface area (Å²) in [6.07, 6.45) is 1.63. The lowest BCUT2D eigenvalue weighted by atomic mass is 10.0. The normalized spacial score (nSPS) is 16.9. The molecule has 0 bridgehead atoms. The summed E-state index contributed by atoms with van der Waals surface area (Å²) in [6.45, 7) is 15.5. The Hall–Kier alpha value is -5.04. The van der Waals surface area contributed by atoms with Crippen molar-refractivity contribution in [2.75, 3.05) is 67.8 Å². The maximum atomic E-state index is 14.1. The smallest absolute Gasteiger partial charge is 0.408 e. The van der Waals surface area contributed by atoms with Crippen LogP contribution in [0.25, 0.3) is 0 Å². The molecule has 376 valence electrons. The van der Waals surface area contributed by atoms with Crippen LogP contribution in [0.2, 0.25) is 0 Å². The molecule has 3 rings (SSSR count). The number of carbonyl (C=O) groups is 8. The maximum Gasteiger partial charge on any atom is 0.408 e. The molecule has 6 N–H and O–H groups in total. The number of likely N-dealkylation sites (tertiary alicyclic amines) is 2. The van der Waals surface area contributed by atoms with Crippen LogP contribution in [0.15, 0.2) is 24.3 Å². The summed E-state index contributed by atoms with van der Waals surface area (Å²) in [5, 5.41) is 16.1. The number of nitrogens with one attached hydrogen (secondary N) is 6. The van der Waals surface area contributed by atoms with Crippen molar-refractivity contribution in [2.45, 2.75) is 142 Å². The van der Waals surface area contributed by atoms with E-state index in [4.69, 9.17) is 32.7 Å². The van der Waals surface area contributed by atoms with Gasteiger partial charge in [0.2, 0.25) is 35.4 Å². The van der Waals surface area contributed by atoms with Gasteiger partial charge in [-0.3, -0.25) is 34.1 Å². The summed E-state index contributed by atoms with van der Waals surface area (Å²) in [5.41, 5.74) is 0.0933. The highest BCUT2D eigenvalue weighted by molar-refractivity contribution is 6.18. The van der Waals surface area contributed by atoms with Crippen molar-refractivity contribution in [3.05, 3.63) is 24.3 Å². The fourth-order valence-electron chi connectivity index (χ4n) is 7.70. The molecule has 0 saturated carbocycles. The summed E-state index contributed by atoms with van der Waals surface area (Å²) in [7, 11) is 0. The molecule has 2 fully saturated rings. The number of halogens is 2. The molecule has 19 nitrogen and oxygen atoms in total. The number of hydrogen-bond donors (Lipinski definition) is 6. The van der Waals surface area contributed by atoms with Crippen LogP contribution in [-0.4, -0.2) is 150 Å². The van der Waals surface area contributed by atoms with Crippen LogP contribution in [0.5, 0.6) is 0 Å². The molecule has 0 radical (unpaired) electrons. The molecule has 0 aliphatic carbocycles. The van der Waals surface area contributed by atoms with Crippen LogP contribution in [0.1, 0.15) is 107 Å². The van der Waals surface area contributed by atoms with Crippen LogP contribution < -0.4 is 36.8 Å². The van der Waals surface area contributed by atoms with E-state index in [1.807, 2.05) is 30.9 Å². The topological polar surface area (TPSA) is 237 Å². The van der Waals surface area contributed by atoms with Crippen molar-refractivity contribution in [3.63, 3.8) is 0 Å². The number of unbranched alkanes of at least 4 members (excludes halogenated alkanes) is 1. The Bertz CT molecular complexity index is 1830. The molecule has 1 aromatic rings. The number of amides is 8. The predicted molar refractivity (Wildman–Crippen MR) is 257 cm³/mol. The Labute approximate surface area is 405 Å². The van der Waals surface area contributed by atoms with Gasteiger partial charge in [0.15, 0.2) is 0 Å². The summed E-state index contributed by atoms with van der Waals surface area (Å²) < 4.78 is 10.7. The van der Waals surface area contributed by atoms with Gasteiger partial charge in [-0.25, -0.2) is 9.59 Å². The molecule has 0 unspecified atom stereocenters. The Morgan fingerprint density at radius 2 is 1.31 bits per heavy atom. The fraction of sp³-hybridized carbons (Fsp3) is 0.696. The van der Waals surface area contributed by atoms with E-state index in [1.54, 1.807) is 53.7 Å². The van der Waals surface area contributed by atoms with Gasteiger partial charge in [-0.1, -0.05) is 13.8 Å². The summed E-state index contributed by atoms with van der Waals surface area (Å²) in [4.78, 5) is 111. The highest BCUT2D eigenvalue weighted by Gasteiger charge is 2.40. The van der Waals surface area contributed by atoms with Crippen molar-refractivity contribution in [1.82, 2.24) is 36.4 Å². The van der Waals surface area contributed by atoms with Gasteiger partial charge in [-0.15, -0.1) is 23.2 Å². The van der Waals surface area contributed by atoms with Gasteiger partial charge in [0.25, 0.3) is 0 Å². The summed E-state index contributed by atoms with van der Waals surface area (Å²) in [6, 6.07) is 3.42. The second kappa shape index (κ2) is 27.1. The van der Waals surface area contributed by atoms with Crippen LogP contribution in [-0.2, 0) is 38.2 Å². The number of alkyl carbamates (subject to hydrolysis) is 2. The average molecular weight is 983 g/mol. The third-order valence-corrected chi connectivity index (χ3v) is 11.0. The van der Waals surface area contributed by atoms with Crippen molar-refractivity contribution >= 4 is 82.2 Å². The van der Waals surface area contributed by atoms with Gasteiger partial charge in [0, 0.05) is 55.9 Å². The Morgan fingerprint density at radius 3 is 1.90 bits per heavy atom. The lowest BCUT2D eigenvalue weighted by Gasteiger charge is -2.30. The third-order valence-electron chi connectivity index (χ3n) is 10.7. The molecule has 4 atom stereocenters. The average Bonchev–Trinajstić information content (AvgIpc) is 3.94. The minimum Gasteiger partial charge on any atom is -0.444 e. The molecule has 0 aromatic heterocycles. The lowest BCUT2D eigenvalue weighted by Crippen LogP contribution is -2.57. The van der Waals surface area contributed by atoms with Gasteiger partial charge in [-0.2, -0.15) is 0 Å². The van der Waals surface area contributed by atoms with E-state index in [0.717, 1.165) is 5.69 Å². The highest BCUT2D eigenvalue weighted by atomic mass is 35.5. The largest absolute Gasteiger partial charge is 0.444 e. The molecule has 2 heterocycles. The lowest BCUT2D eigenvalue weighted by molar-refractivity contribution is -0.141. The van der Waals surface area contributed by atoms with E-state index < -0.39 is 89.5 Å². The van der Waals surface area contributed by atoms with Gasteiger partial charge in [0.05, 0.1) is 13.1 Å². The van der Waals surface area contributed by atoms with Crippen LogP contribution in [0, 0.1) is 5.92 Å². The molecular weight excluding hydrogens is 909 g/mol. The molecule has 2 saturated heterocycles. The maximum absolute atomic E-state index is 14.1. The monoisotopic (exact) mass is 981 g/mol.